The van der Waals surface area contributed by atoms with Crippen LogP contribution in [-0.4, -0.2) is 42.5 Å². The highest BCUT2D eigenvalue weighted by atomic mass is 35.5. The number of aromatic nitrogens is 1. The molecule has 1 fully saturated rings. The molecule has 7 heteroatoms. The third kappa shape index (κ3) is 5.92. The summed E-state index contributed by atoms with van der Waals surface area (Å²) in [6.45, 7) is 5.32. The molecule has 0 bridgehead atoms. The van der Waals surface area contributed by atoms with Crippen LogP contribution in [0.4, 0.5) is 5.82 Å². The van der Waals surface area contributed by atoms with E-state index in [4.69, 9.17) is 16.3 Å². The number of hydrogen-bond donors (Lipinski definition) is 0. The van der Waals surface area contributed by atoms with Crippen LogP contribution in [0.15, 0.2) is 60.8 Å². The molecule has 0 aliphatic heterocycles. The third-order valence-corrected chi connectivity index (χ3v) is 9.32. The number of halogens is 1. The SMILES string of the molecule is CCOc1ccc(-c2ccc(N(C)C)nc2)cc1CN(C(=O)c1sc2ccccc2c1Cl)[C@H]1CC[C@H](C)CC1. The van der Waals surface area contributed by atoms with Gasteiger partial charge in [-0.05, 0) is 74.4 Å². The molecule has 1 amide bonds. The first-order valence-electron chi connectivity index (χ1n) is 13.7. The van der Waals surface area contributed by atoms with Crippen molar-refractivity contribution in [3.05, 3.63) is 76.3 Å². The summed E-state index contributed by atoms with van der Waals surface area (Å²) >= 11 is 8.30. The summed E-state index contributed by atoms with van der Waals surface area (Å²) in [7, 11) is 3.97. The summed E-state index contributed by atoms with van der Waals surface area (Å²) < 4.78 is 7.09. The zero-order valence-electron chi connectivity index (χ0n) is 23.1. The van der Waals surface area contributed by atoms with Crippen molar-refractivity contribution >= 4 is 44.7 Å². The molecule has 1 saturated carbocycles. The molecule has 204 valence electrons. The van der Waals surface area contributed by atoms with Crippen molar-refractivity contribution in [2.45, 2.75) is 52.1 Å². The van der Waals surface area contributed by atoms with Crippen LogP contribution >= 0.6 is 22.9 Å². The first-order chi connectivity index (χ1) is 18.9. The summed E-state index contributed by atoms with van der Waals surface area (Å²) in [6.07, 6.45) is 6.13. The quantitative estimate of drug-likeness (QED) is 0.217. The minimum Gasteiger partial charge on any atom is -0.494 e. The molecule has 0 saturated heterocycles. The van der Waals surface area contributed by atoms with Gasteiger partial charge >= 0.3 is 0 Å². The number of pyridine rings is 1. The molecule has 0 radical (unpaired) electrons. The van der Waals surface area contributed by atoms with Gasteiger partial charge in [-0.15, -0.1) is 11.3 Å². The van der Waals surface area contributed by atoms with Gasteiger partial charge in [-0.3, -0.25) is 4.79 Å². The van der Waals surface area contributed by atoms with Gasteiger partial charge in [0, 0.05) is 54.1 Å². The van der Waals surface area contributed by atoms with Gasteiger partial charge in [0.25, 0.3) is 5.91 Å². The number of nitrogens with zero attached hydrogens (tertiary/aromatic N) is 3. The average Bonchev–Trinajstić information content (AvgIpc) is 3.29. The van der Waals surface area contributed by atoms with Crippen molar-refractivity contribution in [3.8, 4) is 16.9 Å². The summed E-state index contributed by atoms with van der Waals surface area (Å²) in [5.41, 5.74) is 3.08. The van der Waals surface area contributed by atoms with Crippen LogP contribution in [-0.2, 0) is 6.54 Å². The molecule has 5 nitrogen and oxygen atoms in total. The molecule has 0 N–H and O–H groups in total. The number of fused-ring (bicyclic) bond motifs is 1. The average molecular weight is 562 g/mol. The van der Waals surface area contributed by atoms with Gasteiger partial charge in [0.2, 0.25) is 0 Å². The number of amides is 1. The zero-order valence-corrected chi connectivity index (χ0v) is 24.7. The molecule has 5 rings (SSSR count). The van der Waals surface area contributed by atoms with Crippen LogP contribution in [0.2, 0.25) is 5.02 Å². The van der Waals surface area contributed by atoms with Crippen LogP contribution in [0, 0.1) is 5.92 Å². The van der Waals surface area contributed by atoms with Crippen LogP contribution in [0.25, 0.3) is 21.2 Å². The van der Waals surface area contributed by atoms with Crippen LogP contribution in [0.5, 0.6) is 5.75 Å². The van der Waals surface area contributed by atoms with E-state index in [0.717, 1.165) is 64.0 Å². The normalized spacial score (nSPS) is 17.3. The molecule has 2 heterocycles. The third-order valence-electron chi connectivity index (χ3n) is 7.66. The minimum absolute atomic E-state index is 0.00519. The van der Waals surface area contributed by atoms with E-state index in [1.807, 2.05) is 68.5 Å². The Hall–Kier alpha value is -3.09. The second-order valence-electron chi connectivity index (χ2n) is 10.6. The lowest BCUT2D eigenvalue weighted by Gasteiger charge is -2.36. The predicted molar refractivity (Wildman–Crippen MR) is 163 cm³/mol. The van der Waals surface area contributed by atoms with Gasteiger partial charge in [0.1, 0.15) is 16.4 Å². The standard InChI is InChI=1S/C32H36ClN3O2S/c1-5-38-27-16-12-22(23-13-17-29(34-19-23)35(3)4)18-24(27)20-36(25-14-10-21(2)11-15-25)32(37)31-30(33)26-8-6-7-9-28(26)39-31/h6-9,12-13,16-19,21,25H,5,10-11,14-15,20H2,1-4H3/t21-,25-. The monoisotopic (exact) mass is 561 g/mol. The molecular weight excluding hydrogens is 526 g/mol. The molecule has 1 aliphatic rings. The first kappa shape index (κ1) is 27.5. The summed E-state index contributed by atoms with van der Waals surface area (Å²) in [5.74, 6) is 2.41. The number of ether oxygens (including phenoxy) is 1. The molecule has 0 unspecified atom stereocenters. The summed E-state index contributed by atoms with van der Waals surface area (Å²) in [6, 6.07) is 18.5. The van der Waals surface area contributed by atoms with E-state index in [1.54, 1.807) is 0 Å². The maximum absolute atomic E-state index is 14.2. The molecule has 1 aliphatic carbocycles. The highest BCUT2D eigenvalue weighted by molar-refractivity contribution is 7.21. The molecule has 2 aromatic heterocycles. The summed E-state index contributed by atoms with van der Waals surface area (Å²) in [5, 5.41) is 1.50. The Kier molecular flexibility index (Phi) is 8.43. The van der Waals surface area contributed by atoms with Gasteiger partial charge in [0.15, 0.2) is 0 Å². The zero-order chi connectivity index (χ0) is 27.5. The van der Waals surface area contributed by atoms with Crippen molar-refractivity contribution < 1.29 is 9.53 Å². The van der Waals surface area contributed by atoms with E-state index < -0.39 is 0 Å². The maximum atomic E-state index is 14.2. The minimum atomic E-state index is 0.00519. The Labute approximate surface area is 240 Å². The van der Waals surface area contributed by atoms with E-state index in [9.17, 15) is 4.79 Å². The van der Waals surface area contributed by atoms with Crippen molar-refractivity contribution in [2.75, 3.05) is 25.6 Å². The number of thiophene rings is 1. The van der Waals surface area contributed by atoms with Gasteiger partial charge in [0.05, 0.1) is 11.6 Å². The van der Waals surface area contributed by atoms with E-state index in [2.05, 4.69) is 35.0 Å². The maximum Gasteiger partial charge on any atom is 0.266 e. The van der Waals surface area contributed by atoms with Gasteiger partial charge in [-0.1, -0.05) is 42.8 Å². The lowest BCUT2D eigenvalue weighted by molar-refractivity contribution is 0.0596. The van der Waals surface area contributed by atoms with Crippen LogP contribution in [0.3, 0.4) is 0 Å². The van der Waals surface area contributed by atoms with Gasteiger partial charge < -0.3 is 14.5 Å². The number of hydrogen-bond acceptors (Lipinski definition) is 5. The van der Waals surface area contributed by atoms with Crippen molar-refractivity contribution in [1.82, 2.24) is 9.88 Å². The molecule has 39 heavy (non-hydrogen) atoms. The lowest BCUT2D eigenvalue weighted by atomic mass is 9.86. The highest BCUT2D eigenvalue weighted by Crippen LogP contribution is 2.39. The molecule has 4 aromatic rings. The second-order valence-corrected chi connectivity index (χ2v) is 12.1. The van der Waals surface area contributed by atoms with E-state index in [-0.39, 0.29) is 11.9 Å². The number of anilines is 1. The highest BCUT2D eigenvalue weighted by Gasteiger charge is 2.31. The number of benzene rings is 2. The molecule has 0 atom stereocenters. The Morgan fingerprint density at radius 2 is 1.79 bits per heavy atom. The van der Waals surface area contributed by atoms with Crippen molar-refractivity contribution in [1.29, 1.82) is 0 Å². The van der Waals surface area contributed by atoms with E-state index in [0.29, 0.717) is 29.0 Å². The second kappa shape index (κ2) is 12.0. The molecule has 2 aromatic carbocycles. The largest absolute Gasteiger partial charge is 0.494 e. The van der Waals surface area contributed by atoms with Gasteiger partial charge in [-0.25, -0.2) is 4.98 Å². The van der Waals surface area contributed by atoms with Crippen LogP contribution < -0.4 is 9.64 Å². The lowest BCUT2D eigenvalue weighted by Crippen LogP contribution is -2.41. The topological polar surface area (TPSA) is 45.7 Å². The van der Waals surface area contributed by atoms with E-state index in [1.165, 1.54) is 11.3 Å². The molecular formula is C32H36ClN3O2S. The fraction of sp³-hybridized carbons (Fsp3) is 0.375. The Balaban J connectivity index is 1.53. The van der Waals surface area contributed by atoms with Gasteiger partial charge in [-0.2, -0.15) is 0 Å². The van der Waals surface area contributed by atoms with Crippen molar-refractivity contribution in [2.24, 2.45) is 5.92 Å². The summed E-state index contributed by atoms with van der Waals surface area (Å²) in [4.78, 5) is 23.5. The number of rotatable bonds is 8. The van der Waals surface area contributed by atoms with Crippen LogP contribution in [0.1, 0.15) is 54.8 Å². The number of carbonyl (C=O) groups is 1. The fourth-order valence-corrected chi connectivity index (χ4v) is 6.85. The smallest absolute Gasteiger partial charge is 0.266 e. The fourth-order valence-electron chi connectivity index (χ4n) is 5.39. The predicted octanol–water partition coefficient (Wildman–Crippen LogP) is 8.30. The number of carbonyl (C=O) groups excluding carboxylic acids is 1. The Morgan fingerprint density at radius 3 is 2.46 bits per heavy atom. The van der Waals surface area contributed by atoms with E-state index >= 15 is 0 Å². The Bertz CT molecular complexity index is 1440. The first-order valence-corrected chi connectivity index (χ1v) is 14.9. The Morgan fingerprint density at radius 1 is 1.05 bits per heavy atom. The molecule has 0 spiro atoms. The van der Waals surface area contributed by atoms with Crippen molar-refractivity contribution in [3.63, 3.8) is 0 Å².